The average Bonchev–Trinajstić information content (AvgIpc) is 2.47. The lowest BCUT2D eigenvalue weighted by Gasteiger charge is -2.11. The van der Waals surface area contributed by atoms with E-state index in [2.05, 4.69) is 4.98 Å². The van der Waals surface area contributed by atoms with Crippen LogP contribution in [0.3, 0.4) is 0 Å². The van der Waals surface area contributed by atoms with E-state index < -0.39 is 0 Å². The van der Waals surface area contributed by atoms with Gasteiger partial charge in [-0.15, -0.1) is 0 Å². The van der Waals surface area contributed by atoms with Crippen molar-refractivity contribution in [3.63, 3.8) is 0 Å². The summed E-state index contributed by atoms with van der Waals surface area (Å²) in [6.07, 6.45) is 3.12. The Labute approximate surface area is 111 Å². The first-order valence-electron chi connectivity index (χ1n) is 5.63. The Morgan fingerprint density at radius 1 is 1.11 bits per heavy atom. The molecular formula is C14H14N2O3. The predicted octanol–water partition coefficient (Wildman–Crippen LogP) is 1.91. The molecule has 0 atom stereocenters. The van der Waals surface area contributed by atoms with Gasteiger partial charge in [-0.1, -0.05) is 0 Å². The molecule has 0 radical (unpaired) electrons. The quantitative estimate of drug-likeness (QED) is 0.669. The fourth-order valence-electron chi connectivity index (χ4n) is 1.75. The van der Waals surface area contributed by atoms with Gasteiger partial charge in [0.05, 0.1) is 14.2 Å². The van der Waals surface area contributed by atoms with Crippen molar-refractivity contribution < 1.29 is 14.3 Å². The monoisotopic (exact) mass is 258 g/mol. The van der Waals surface area contributed by atoms with Gasteiger partial charge in [0, 0.05) is 35.3 Å². The summed E-state index contributed by atoms with van der Waals surface area (Å²) in [5.74, 6) is 0.779. The molecule has 1 heterocycles. The van der Waals surface area contributed by atoms with Crippen molar-refractivity contribution in [1.82, 2.24) is 4.98 Å². The van der Waals surface area contributed by atoms with Crippen LogP contribution in [0.5, 0.6) is 11.5 Å². The number of nitrogens with two attached hydrogens (primary N) is 1. The van der Waals surface area contributed by atoms with E-state index in [1.165, 1.54) is 14.2 Å². The number of carbonyl (C=O) groups is 1. The summed E-state index contributed by atoms with van der Waals surface area (Å²) in [6.45, 7) is 0. The lowest BCUT2D eigenvalue weighted by atomic mass is 10.0. The zero-order chi connectivity index (χ0) is 13.8. The van der Waals surface area contributed by atoms with Crippen molar-refractivity contribution in [2.24, 2.45) is 0 Å². The van der Waals surface area contributed by atoms with Gasteiger partial charge in [0.15, 0.2) is 17.3 Å². The second-order valence-corrected chi connectivity index (χ2v) is 3.86. The van der Waals surface area contributed by atoms with Gasteiger partial charge in [0.25, 0.3) is 0 Å². The Kier molecular flexibility index (Phi) is 3.66. The van der Waals surface area contributed by atoms with Gasteiger partial charge >= 0.3 is 0 Å². The molecule has 0 bridgehead atoms. The summed E-state index contributed by atoms with van der Waals surface area (Å²) >= 11 is 0. The minimum atomic E-state index is -0.180. The van der Waals surface area contributed by atoms with Crippen LogP contribution < -0.4 is 15.2 Å². The van der Waals surface area contributed by atoms with E-state index in [-0.39, 0.29) is 5.78 Å². The zero-order valence-corrected chi connectivity index (χ0v) is 10.7. The highest BCUT2D eigenvalue weighted by atomic mass is 16.5. The maximum Gasteiger partial charge on any atom is 0.195 e. The first-order valence-corrected chi connectivity index (χ1v) is 5.63. The number of aromatic nitrogens is 1. The van der Waals surface area contributed by atoms with Crippen LogP contribution >= 0.6 is 0 Å². The van der Waals surface area contributed by atoms with Crippen molar-refractivity contribution in [1.29, 1.82) is 0 Å². The van der Waals surface area contributed by atoms with E-state index in [1.54, 1.807) is 36.7 Å². The van der Waals surface area contributed by atoms with Crippen LogP contribution in [0.2, 0.25) is 0 Å². The molecule has 1 aromatic carbocycles. The molecule has 0 unspecified atom stereocenters. The summed E-state index contributed by atoms with van der Waals surface area (Å²) in [5, 5.41) is 0. The summed E-state index contributed by atoms with van der Waals surface area (Å²) in [4.78, 5) is 16.2. The number of hydrogen-bond acceptors (Lipinski definition) is 5. The number of hydrogen-bond donors (Lipinski definition) is 1. The molecule has 0 saturated carbocycles. The Bertz CT molecular complexity index is 597. The molecule has 2 aromatic rings. The summed E-state index contributed by atoms with van der Waals surface area (Å²) < 4.78 is 10.3. The Balaban J connectivity index is 2.48. The normalized spacial score (nSPS) is 10.0. The number of rotatable bonds is 4. The van der Waals surface area contributed by atoms with Crippen molar-refractivity contribution in [3.05, 3.63) is 47.8 Å². The molecule has 98 valence electrons. The molecule has 2 N–H and O–H groups in total. The van der Waals surface area contributed by atoms with Crippen LogP contribution in [0.15, 0.2) is 36.7 Å². The standard InChI is InChI=1S/C14H14N2O3/c1-18-12-7-10(11(15)8-13(12)19-2)14(17)9-3-5-16-6-4-9/h3-8H,15H2,1-2H3. The average molecular weight is 258 g/mol. The van der Waals surface area contributed by atoms with Gasteiger partial charge in [-0.2, -0.15) is 0 Å². The number of nitrogen functional groups attached to an aromatic ring is 1. The Morgan fingerprint density at radius 3 is 2.26 bits per heavy atom. The molecule has 0 aliphatic rings. The number of benzene rings is 1. The lowest BCUT2D eigenvalue weighted by Crippen LogP contribution is -2.06. The van der Waals surface area contributed by atoms with Crippen molar-refractivity contribution in [3.8, 4) is 11.5 Å². The molecule has 5 heteroatoms. The molecular weight excluding hydrogens is 244 g/mol. The summed E-state index contributed by atoms with van der Waals surface area (Å²) in [7, 11) is 3.02. The van der Waals surface area contributed by atoms with E-state index in [1.807, 2.05) is 0 Å². The van der Waals surface area contributed by atoms with Crippen LogP contribution in [0.4, 0.5) is 5.69 Å². The molecule has 0 spiro atoms. The first-order chi connectivity index (χ1) is 9.17. The number of anilines is 1. The number of methoxy groups -OCH3 is 2. The summed E-state index contributed by atoms with van der Waals surface area (Å²) in [5.41, 5.74) is 7.13. The number of ether oxygens (including phenoxy) is 2. The van der Waals surface area contributed by atoms with E-state index in [4.69, 9.17) is 15.2 Å². The maximum atomic E-state index is 12.3. The van der Waals surface area contributed by atoms with Crippen LogP contribution in [0.1, 0.15) is 15.9 Å². The fourth-order valence-corrected chi connectivity index (χ4v) is 1.75. The molecule has 5 nitrogen and oxygen atoms in total. The molecule has 0 aliphatic carbocycles. The highest BCUT2D eigenvalue weighted by Crippen LogP contribution is 2.32. The minimum Gasteiger partial charge on any atom is -0.493 e. The molecule has 0 amide bonds. The van der Waals surface area contributed by atoms with Crippen LogP contribution in [0, 0.1) is 0 Å². The molecule has 1 aromatic heterocycles. The molecule has 0 fully saturated rings. The van der Waals surface area contributed by atoms with E-state index in [0.29, 0.717) is 28.3 Å². The van der Waals surface area contributed by atoms with Crippen molar-refractivity contribution in [2.45, 2.75) is 0 Å². The second kappa shape index (κ2) is 5.39. The largest absolute Gasteiger partial charge is 0.493 e. The summed E-state index contributed by atoms with van der Waals surface area (Å²) in [6, 6.07) is 6.43. The van der Waals surface area contributed by atoms with E-state index in [9.17, 15) is 4.79 Å². The number of carbonyl (C=O) groups excluding carboxylic acids is 1. The number of pyridine rings is 1. The molecule has 0 aliphatic heterocycles. The van der Waals surface area contributed by atoms with Gasteiger partial charge in [0.1, 0.15) is 0 Å². The predicted molar refractivity (Wildman–Crippen MR) is 71.6 cm³/mol. The van der Waals surface area contributed by atoms with Crippen LogP contribution in [-0.2, 0) is 0 Å². The van der Waals surface area contributed by atoms with Gasteiger partial charge in [0.2, 0.25) is 0 Å². The van der Waals surface area contributed by atoms with Gasteiger partial charge in [-0.25, -0.2) is 0 Å². The third-order valence-electron chi connectivity index (χ3n) is 2.74. The Hall–Kier alpha value is -2.56. The van der Waals surface area contributed by atoms with E-state index in [0.717, 1.165) is 0 Å². The third kappa shape index (κ3) is 2.49. The minimum absolute atomic E-state index is 0.180. The number of ketones is 1. The first kappa shape index (κ1) is 12.9. The Morgan fingerprint density at radius 2 is 1.68 bits per heavy atom. The van der Waals surface area contributed by atoms with Crippen molar-refractivity contribution in [2.75, 3.05) is 20.0 Å². The van der Waals surface area contributed by atoms with Crippen LogP contribution in [-0.4, -0.2) is 25.0 Å². The highest BCUT2D eigenvalue weighted by molar-refractivity contribution is 6.12. The topological polar surface area (TPSA) is 74.4 Å². The fraction of sp³-hybridized carbons (Fsp3) is 0.143. The van der Waals surface area contributed by atoms with Crippen LogP contribution in [0.25, 0.3) is 0 Å². The highest BCUT2D eigenvalue weighted by Gasteiger charge is 2.16. The maximum absolute atomic E-state index is 12.3. The molecule has 0 saturated heterocycles. The smallest absolute Gasteiger partial charge is 0.195 e. The van der Waals surface area contributed by atoms with Gasteiger partial charge < -0.3 is 15.2 Å². The molecule has 2 rings (SSSR count). The zero-order valence-electron chi connectivity index (χ0n) is 10.7. The molecule has 19 heavy (non-hydrogen) atoms. The van der Waals surface area contributed by atoms with E-state index >= 15 is 0 Å². The SMILES string of the molecule is COc1cc(N)c(C(=O)c2ccncc2)cc1OC. The second-order valence-electron chi connectivity index (χ2n) is 3.86. The third-order valence-corrected chi connectivity index (χ3v) is 2.74. The van der Waals surface area contributed by atoms with Gasteiger partial charge in [-0.05, 0) is 18.2 Å². The number of nitrogens with zero attached hydrogens (tertiary/aromatic N) is 1. The van der Waals surface area contributed by atoms with Gasteiger partial charge in [-0.3, -0.25) is 9.78 Å². The van der Waals surface area contributed by atoms with Crippen molar-refractivity contribution >= 4 is 11.5 Å². The lowest BCUT2D eigenvalue weighted by molar-refractivity contribution is 0.103.